The summed E-state index contributed by atoms with van der Waals surface area (Å²) >= 11 is 0. The highest BCUT2D eigenvalue weighted by molar-refractivity contribution is 5.96. The topological polar surface area (TPSA) is 34.5 Å². The Hall–Kier alpha value is -2.07. The van der Waals surface area contributed by atoms with E-state index in [9.17, 15) is 4.79 Å². The predicted molar refractivity (Wildman–Crippen MR) is 86.7 cm³/mol. The summed E-state index contributed by atoms with van der Waals surface area (Å²) in [6.45, 7) is 8.74. The van der Waals surface area contributed by atoms with E-state index in [4.69, 9.17) is 4.74 Å². The van der Waals surface area contributed by atoms with Crippen LogP contribution < -0.4 is 0 Å². The molecule has 1 saturated heterocycles. The molecular formula is C18H22N2O2. The third kappa shape index (κ3) is 2.66. The molecule has 1 aromatic carbocycles. The predicted octanol–water partition coefficient (Wildman–Crippen LogP) is 2.87. The molecule has 2 heterocycles. The van der Waals surface area contributed by atoms with Gasteiger partial charge in [0.25, 0.3) is 5.91 Å². The molecule has 1 aliphatic heterocycles. The monoisotopic (exact) mass is 298 g/mol. The Morgan fingerprint density at radius 3 is 2.32 bits per heavy atom. The van der Waals surface area contributed by atoms with Crippen LogP contribution >= 0.6 is 0 Å². The molecule has 22 heavy (non-hydrogen) atoms. The van der Waals surface area contributed by atoms with Gasteiger partial charge in [-0.3, -0.25) is 4.79 Å². The first-order chi connectivity index (χ1) is 10.6. The fourth-order valence-corrected chi connectivity index (χ4v) is 3.01. The van der Waals surface area contributed by atoms with Gasteiger partial charge in [0.15, 0.2) is 0 Å². The number of hydrogen-bond donors (Lipinski definition) is 0. The lowest BCUT2D eigenvalue weighted by Crippen LogP contribution is -2.40. The molecule has 0 bridgehead atoms. The summed E-state index contributed by atoms with van der Waals surface area (Å²) in [5.41, 5.74) is 5.20. The first-order valence-electron chi connectivity index (χ1n) is 7.71. The van der Waals surface area contributed by atoms with Crippen molar-refractivity contribution in [3.05, 3.63) is 52.8 Å². The first kappa shape index (κ1) is 14.9. The zero-order valence-electron chi connectivity index (χ0n) is 13.4. The Balaban J connectivity index is 1.95. The van der Waals surface area contributed by atoms with E-state index in [-0.39, 0.29) is 5.91 Å². The van der Waals surface area contributed by atoms with E-state index in [1.807, 2.05) is 24.8 Å². The number of carbonyl (C=O) groups is 1. The van der Waals surface area contributed by atoms with E-state index in [2.05, 4.69) is 35.8 Å². The Morgan fingerprint density at radius 2 is 1.68 bits per heavy atom. The average molecular weight is 298 g/mol. The molecule has 4 nitrogen and oxygen atoms in total. The van der Waals surface area contributed by atoms with Crippen LogP contribution in [0.1, 0.15) is 27.3 Å². The fraction of sp³-hybridized carbons (Fsp3) is 0.389. The minimum Gasteiger partial charge on any atom is -0.378 e. The summed E-state index contributed by atoms with van der Waals surface area (Å²) in [5.74, 6) is 0.106. The molecule has 1 fully saturated rings. The minimum atomic E-state index is 0.106. The van der Waals surface area contributed by atoms with Gasteiger partial charge in [0.1, 0.15) is 0 Å². The molecule has 0 saturated carbocycles. The minimum absolute atomic E-state index is 0.106. The van der Waals surface area contributed by atoms with Gasteiger partial charge in [0, 0.05) is 30.2 Å². The van der Waals surface area contributed by atoms with Crippen LogP contribution in [0.4, 0.5) is 0 Å². The number of rotatable bonds is 2. The largest absolute Gasteiger partial charge is 0.378 e. The van der Waals surface area contributed by atoms with Gasteiger partial charge in [-0.2, -0.15) is 0 Å². The summed E-state index contributed by atoms with van der Waals surface area (Å²) in [7, 11) is 0. The lowest BCUT2D eigenvalue weighted by atomic mass is 10.2. The maximum Gasteiger partial charge on any atom is 0.255 e. The van der Waals surface area contributed by atoms with Crippen LogP contribution in [0, 0.1) is 20.8 Å². The summed E-state index contributed by atoms with van der Waals surface area (Å²) in [4.78, 5) is 14.6. The standard InChI is InChI=1S/C18H22N2O2/c1-13-4-6-16(7-5-13)20-14(2)12-17(15(20)3)18(21)19-8-10-22-11-9-19/h4-7,12H,8-11H2,1-3H3. The molecule has 4 heteroatoms. The van der Waals surface area contributed by atoms with Crippen LogP contribution in [-0.2, 0) is 4.74 Å². The molecule has 0 radical (unpaired) electrons. The first-order valence-corrected chi connectivity index (χ1v) is 7.71. The van der Waals surface area contributed by atoms with Crippen molar-refractivity contribution in [3.63, 3.8) is 0 Å². The Bertz CT molecular complexity index is 680. The molecule has 0 N–H and O–H groups in total. The molecule has 1 aliphatic rings. The smallest absolute Gasteiger partial charge is 0.255 e. The van der Waals surface area contributed by atoms with E-state index in [0.29, 0.717) is 26.3 Å². The Labute approximate surface area is 131 Å². The number of nitrogens with zero attached hydrogens (tertiary/aromatic N) is 2. The van der Waals surface area contributed by atoms with Crippen LogP contribution in [-0.4, -0.2) is 41.7 Å². The van der Waals surface area contributed by atoms with Crippen LogP contribution in [0.2, 0.25) is 0 Å². The Kier molecular flexibility index (Phi) is 4.03. The molecular weight excluding hydrogens is 276 g/mol. The summed E-state index contributed by atoms with van der Waals surface area (Å²) in [6, 6.07) is 10.4. The van der Waals surface area contributed by atoms with Gasteiger partial charge in [0.05, 0.1) is 18.8 Å². The second-order valence-corrected chi connectivity index (χ2v) is 5.86. The fourth-order valence-electron chi connectivity index (χ4n) is 3.01. The number of hydrogen-bond acceptors (Lipinski definition) is 2. The van der Waals surface area contributed by atoms with Crippen LogP contribution in [0.15, 0.2) is 30.3 Å². The molecule has 0 unspecified atom stereocenters. The maximum absolute atomic E-state index is 12.7. The zero-order chi connectivity index (χ0) is 15.7. The van der Waals surface area contributed by atoms with Crippen molar-refractivity contribution in [3.8, 4) is 5.69 Å². The highest BCUT2D eigenvalue weighted by Crippen LogP contribution is 2.22. The van der Waals surface area contributed by atoms with E-state index in [1.54, 1.807) is 0 Å². The third-order valence-corrected chi connectivity index (χ3v) is 4.25. The highest BCUT2D eigenvalue weighted by atomic mass is 16.5. The lowest BCUT2D eigenvalue weighted by molar-refractivity contribution is 0.0302. The van der Waals surface area contributed by atoms with Gasteiger partial charge in [-0.05, 0) is 39.0 Å². The van der Waals surface area contributed by atoms with Crippen molar-refractivity contribution in [1.29, 1.82) is 0 Å². The lowest BCUT2D eigenvalue weighted by Gasteiger charge is -2.26. The van der Waals surface area contributed by atoms with Crippen LogP contribution in [0.25, 0.3) is 5.69 Å². The van der Waals surface area contributed by atoms with E-state index in [0.717, 1.165) is 22.6 Å². The molecule has 0 aliphatic carbocycles. The molecule has 116 valence electrons. The quantitative estimate of drug-likeness (QED) is 0.854. The van der Waals surface area contributed by atoms with Gasteiger partial charge in [0.2, 0.25) is 0 Å². The van der Waals surface area contributed by atoms with E-state index < -0.39 is 0 Å². The number of amides is 1. The number of aromatic nitrogens is 1. The second-order valence-electron chi connectivity index (χ2n) is 5.86. The zero-order valence-corrected chi connectivity index (χ0v) is 13.4. The molecule has 3 rings (SSSR count). The van der Waals surface area contributed by atoms with E-state index >= 15 is 0 Å². The third-order valence-electron chi connectivity index (χ3n) is 4.25. The number of aryl methyl sites for hydroxylation is 2. The van der Waals surface area contributed by atoms with Gasteiger partial charge >= 0.3 is 0 Å². The van der Waals surface area contributed by atoms with Gasteiger partial charge < -0.3 is 14.2 Å². The summed E-state index contributed by atoms with van der Waals surface area (Å²) in [6.07, 6.45) is 0. The van der Waals surface area contributed by atoms with Crippen LogP contribution in [0.5, 0.6) is 0 Å². The number of morpholine rings is 1. The second kappa shape index (κ2) is 5.97. The SMILES string of the molecule is Cc1ccc(-n2c(C)cc(C(=O)N3CCOCC3)c2C)cc1. The molecule has 2 aromatic rings. The van der Waals surface area contributed by atoms with Crippen molar-refractivity contribution < 1.29 is 9.53 Å². The number of carbonyl (C=O) groups excluding carboxylic acids is 1. The Morgan fingerprint density at radius 1 is 1.05 bits per heavy atom. The van der Waals surface area contributed by atoms with Crippen molar-refractivity contribution in [2.45, 2.75) is 20.8 Å². The van der Waals surface area contributed by atoms with Crippen molar-refractivity contribution in [2.75, 3.05) is 26.3 Å². The maximum atomic E-state index is 12.7. The van der Waals surface area contributed by atoms with Gasteiger partial charge in [-0.15, -0.1) is 0 Å². The van der Waals surface area contributed by atoms with Crippen molar-refractivity contribution in [2.24, 2.45) is 0 Å². The molecule has 1 aromatic heterocycles. The highest BCUT2D eigenvalue weighted by Gasteiger charge is 2.23. The average Bonchev–Trinajstić information content (AvgIpc) is 2.83. The van der Waals surface area contributed by atoms with Gasteiger partial charge in [-0.25, -0.2) is 0 Å². The summed E-state index contributed by atoms with van der Waals surface area (Å²) in [5, 5.41) is 0. The van der Waals surface area contributed by atoms with Crippen molar-refractivity contribution in [1.82, 2.24) is 9.47 Å². The van der Waals surface area contributed by atoms with Gasteiger partial charge in [-0.1, -0.05) is 17.7 Å². The van der Waals surface area contributed by atoms with E-state index in [1.165, 1.54) is 5.56 Å². The number of ether oxygens (including phenoxy) is 1. The summed E-state index contributed by atoms with van der Waals surface area (Å²) < 4.78 is 7.47. The van der Waals surface area contributed by atoms with Crippen molar-refractivity contribution >= 4 is 5.91 Å². The molecule has 0 spiro atoms. The molecule has 0 atom stereocenters. The molecule has 1 amide bonds. The normalized spacial score (nSPS) is 15.1. The number of benzene rings is 1. The van der Waals surface area contributed by atoms with Crippen LogP contribution in [0.3, 0.4) is 0 Å².